The predicted octanol–water partition coefficient (Wildman–Crippen LogP) is 0.464. The van der Waals surface area contributed by atoms with Crippen LogP contribution < -0.4 is 5.32 Å². The van der Waals surface area contributed by atoms with Crippen molar-refractivity contribution in [2.24, 2.45) is 0 Å². The van der Waals surface area contributed by atoms with Gasteiger partial charge in [-0.3, -0.25) is 0 Å². The molecular weight excluding hydrogens is 88.1 g/mol. The van der Waals surface area contributed by atoms with Gasteiger partial charge in [0.1, 0.15) is 5.82 Å². The molecule has 1 N–H and O–H groups in total. The highest BCUT2D eigenvalue weighted by Crippen LogP contribution is 2.04. The van der Waals surface area contributed by atoms with Crippen molar-refractivity contribution in [3.05, 3.63) is 24.8 Å². The molecule has 2 heteroatoms. The molecule has 0 unspecified atom stereocenters. The Bertz CT molecular complexity index is 115. The maximum absolute atomic E-state index is 3.57. The van der Waals surface area contributed by atoms with Crippen LogP contribution in [-0.4, -0.2) is 11.9 Å². The third-order valence-corrected chi connectivity index (χ3v) is 0.927. The van der Waals surface area contributed by atoms with Gasteiger partial charge in [0.25, 0.3) is 0 Å². The fourth-order valence-electron chi connectivity index (χ4n) is 0.334. The molecule has 2 nitrogen and oxygen atoms in total. The first kappa shape index (κ1) is 4.24. The minimum absolute atomic E-state index is 1.13. The summed E-state index contributed by atoms with van der Waals surface area (Å²) in [5, 5.41) is 2.93. The van der Waals surface area contributed by atoms with Crippen molar-refractivity contribution in [3.63, 3.8) is 0 Å². The highest BCUT2D eigenvalue weighted by molar-refractivity contribution is 5.15. The standard InChI is InChI=1S/C5H8N2/c1-3-7(2)5-4-6-5/h3-4,6H,1H2,2H3. The van der Waals surface area contributed by atoms with Gasteiger partial charge in [0.2, 0.25) is 0 Å². The molecule has 0 aromatic rings. The summed E-state index contributed by atoms with van der Waals surface area (Å²) in [7, 11) is 1.94. The van der Waals surface area contributed by atoms with Crippen LogP contribution >= 0.6 is 0 Å². The van der Waals surface area contributed by atoms with E-state index in [2.05, 4.69) is 11.9 Å². The van der Waals surface area contributed by atoms with E-state index >= 15 is 0 Å². The third-order valence-electron chi connectivity index (χ3n) is 0.927. The summed E-state index contributed by atoms with van der Waals surface area (Å²) >= 11 is 0. The Balaban J connectivity index is 2.37. The van der Waals surface area contributed by atoms with Crippen LogP contribution in [0.3, 0.4) is 0 Å². The van der Waals surface area contributed by atoms with E-state index in [4.69, 9.17) is 0 Å². The molecule has 1 aliphatic rings. The normalized spacial score (nSPS) is 14.1. The average molecular weight is 96.1 g/mol. The molecule has 1 rings (SSSR count). The molecule has 0 spiro atoms. The number of hydrogen-bond donors (Lipinski definition) is 1. The van der Waals surface area contributed by atoms with E-state index in [9.17, 15) is 0 Å². The van der Waals surface area contributed by atoms with E-state index in [0.29, 0.717) is 0 Å². The van der Waals surface area contributed by atoms with E-state index in [0.717, 1.165) is 5.82 Å². The second kappa shape index (κ2) is 1.30. The Kier molecular flexibility index (Phi) is 0.785. The van der Waals surface area contributed by atoms with Gasteiger partial charge < -0.3 is 10.2 Å². The minimum atomic E-state index is 1.13. The smallest absolute Gasteiger partial charge is 0.126 e. The predicted molar refractivity (Wildman–Crippen MR) is 29.2 cm³/mol. The molecule has 0 radical (unpaired) electrons. The number of nitrogens with one attached hydrogen (secondary N) is 1. The van der Waals surface area contributed by atoms with Gasteiger partial charge in [-0.05, 0) is 6.20 Å². The average Bonchev–Trinajstić information content (AvgIpc) is 2.44. The van der Waals surface area contributed by atoms with E-state index in [1.807, 2.05) is 18.1 Å². The maximum atomic E-state index is 3.57. The van der Waals surface area contributed by atoms with Crippen LogP contribution in [0.4, 0.5) is 0 Å². The van der Waals surface area contributed by atoms with Gasteiger partial charge in [0, 0.05) is 13.2 Å². The van der Waals surface area contributed by atoms with Gasteiger partial charge in [-0.2, -0.15) is 0 Å². The van der Waals surface area contributed by atoms with Gasteiger partial charge in [0.15, 0.2) is 0 Å². The second-order valence-electron chi connectivity index (χ2n) is 1.47. The van der Waals surface area contributed by atoms with Gasteiger partial charge in [-0.1, -0.05) is 6.58 Å². The fourth-order valence-corrected chi connectivity index (χ4v) is 0.334. The van der Waals surface area contributed by atoms with Crippen LogP contribution in [-0.2, 0) is 0 Å². The van der Waals surface area contributed by atoms with Crippen LogP contribution in [0.25, 0.3) is 0 Å². The molecule has 0 amide bonds. The number of rotatable bonds is 2. The van der Waals surface area contributed by atoms with Crippen molar-refractivity contribution in [2.75, 3.05) is 7.05 Å². The molecule has 1 aliphatic heterocycles. The Morgan fingerprint density at radius 3 is 2.71 bits per heavy atom. The lowest BCUT2D eigenvalue weighted by atomic mass is 10.8. The van der Waals surface area contributed by atoms with E-state index < -0.39 is 0 Å². The van der Waals surface area contributed by atoms with Crippen LogP contribution in [0, 0.1) is 0 Å². The third kappa shape index (κ3) is 0.738. The van der Waals surface area contributed by atoms with Crippen molar-refractivity contribution in [3.8, 4) is 0 Å². The fraction of sp³-hybridized carbons (Fsp3) is 0.200. The molecule has 0 fully saturated rings. The summed E-state index contributed by atoms with van der Waals surface area (Å²) in [6.45, 7) is 3.57. The Morgan fingerprint density at radius 1 is 2.00 bits per heavy atom. The number of nitrogens with zero attached hydrogens (tertiary/aromatic N) is 1. The molecule has 0 aliphatic carbocycles. The maximum Gasteiger partial charge on any atom is 0.126 e. The first-order chi connectivity index (χ1) is 3.34. The van der Waals surface area contributed by atoms with Gasteiger partial charge >= 0.3 is 0 Å². The lowest BCUT2D eigenvalue weighted by Crippen LogP contribution is -2.05. The summed E-state index contributed by atoms with van der Waals surface area (Å²) in [5.41, 5.74) is 0. The molecule has 38 valence electrons. The van der Waals surface area contributed by atoms with Crippen LogP contribution in [0.15, 0.2) is 24.8 Å². The Labute approximate surface area is 43.1 Å². The van der Waals surface area contributed by atoms with Crippen LogP contribution in [0.2, 0.25) is 0 Å². The molecule has 0 aromatic heterocycles. The summed E-state index contributed by atoms with van der Waals surface area (Å²) in [6, 6.07) is 0. The van der Waals surface area contributed by atoms with Gasteiger partial charge in [0.05, 0.1) is 0 Å². The lowest BCUT2D eigenvalue weighted by Gasteiger charge is -2.03. The van der Waals surface area contributed by atoms with Crippen LogP contribution in [0.1, 0.15) is 0 Å². The summed E-state index contributed by atoms with van der Waals surface area (Å²) in [6.07, 6.45) is 3.67. The zero-order chi connectivity index (χ0) is 5.28. The zero-order valence-electron chi connectivity index (χ0n) is 4.31. The zero-order valence-corrected chi connectivity index (χ0v) is 4.31. The largest absolute Gasteiger partial charge is 0.343 e. The van der Waals surface area contributed by atoms with Crippen molar-refractivity contribution < 1.29 is 0 Å². The SMILES string of the molecule is C=CN(C)C1=CN1. The Hall–Kier alpha value is -0.920. The van der Waals surface area contributed by atoms with Crippen molar-refractivity contribution in [1.82, 2.24) is 10.2 Å². The van der Waals surface area contributed by atoms with Crippen molar-refractivity contribution in [1.29, 1.82) is 0 Å². The monoisotopic (exact) mass is 96.1 g/mol. The van der Waals surface area contributed by atoms with Gasteiger partial charge in [-0.15, -0.1) is 0 Å². The molecule has 7 heavy (non-hydrogen) atoms. The molecule has 0 saturated heterocycles. The highest BCUT2D eigenvalue weighted by atomic mass is 15.3. The quantitative estimate of drug-likeness (QED) is 0.540. The molecule has 0 bridgehead atoms. The Morgan fingerprint density at radius 2 is 2.57 bits per heavy atom. The minimum Gasteiger partial charge on any atom is -0.343 e. The van der Waals surface area contributed by atoms with E-state index in [-0.39, 0.29) is 0 Å². The lowest BCUT2D eigenvalue weighted by molar-refractivity contribution is 0.582. The molecular formula is C5H8N2. The molecule has 0 saturated carbocycles. The second-order valence-corrected chi connectivity index (χ2v) is 1.47. The summed E-state index contributed by atoms with van der Waals surface area (Å²) in [4.78, 5) is 1.92. The molecule has 0 atom stereocenters. The molecule has 1 heterocycles. The van der Waals surface area contributed by atoms with Crippen LogP contribution in [0.5, 0.6) is 0 Å². The van der Waals surface area contributed by atoms with Crippen molar-refractivity contribution in [2.45, 2.75) is 0 Å². The van der Waals surface area contributed by atoms with Crippen molar-refractivity contribution >= 4 is 0 Å². The first-order valence-electron chi connectivity index (χ1n) is 2.16. The number of hydrogen-bond acceptors (Lipinski definition) is 2. The summed E-state index contributed by atoms with van der Waals surface area (Å²) in [5.74, 6) is 1.13. The van der Waals surface area contributed by atoms with E-state index in [1.165, 1.54) is 0 Å². The first-order valence-corrected chi connectivity index (χ1v) is 2.16. The highest BCUT2D eigenvalue weighted by Gasteiger charge is 2.06. The molecule has 0 aromatic carbocycles. The van der Waals surface area contributed by atoms with E-state index in [1.54, 1.807) is 6.20 Å². The summed E-state index contributed by atoms with van der Waals surface area (Å²) < 4.78 is 0. The van der Waals surface area contributed by atoms with Gasteiger partial charge in [-0.25, -0.2) is 0 Å². The topological polar surface area (TPSA) is 25.2 Å².